The Labute approximate surface area is 176 Å². The summed E-state index contributed by atoms with van der Waals surface area (Å²) in [7, 11) is 1.60. The molecular formula is C23H30N2O5. The van der Waals surface area contributed by atoms with Gasteiger partial charge in [-0.1, -0.05) is 18.2 Å². The predicted molar refractivity (Wildman–Crippen MR) is 116 cm³/mol. The number of rotatable bonds is 12. The Morgan fingerprint density at radius 1 is 0.933 bits per heavy atom. The zero-order chi connectivity index (χ0) is 21.3. The van der Waals surface area contributed by atoms with E-state index in [0.29, 0.717) is 31.9 Å². The van der Waals surface area contributed by atoms with Gasteiger partial charge in [-0.15, -0.1) is 0 Å². The maximum Gasteiger partial charge on any atom is 0.119 e. The van der Waals surface area contributed by atoms with Gasteiger partial charge >= 0.3 is 0 Å². The smallest absolute Gasteiger partial charge is 0.119 e. The molecule has 0 saturated carbocycles. The Hall–Kier alpha value is -2.58. The van der Waals surface area contributed by atoms with Crippen LogP contribution in [0.25, 0.3) is 10.9 Å². The van der Waals surface area contributed by atoms with Crippen LogP contribution in [0, 0.1) is 0 Å². The van der Waals surface area contributed by atoms with Crippen molar-refractivity contribution in [3.8, 4) is 11.5 Å². The predicted octanol–water partition coefficient (Wildman–Crippen LogP) is 1.74. The van der Waals surface area contributed by atoms with Gasteiger partial charge in [0.05, 0.1) is 19.8 Å². The Morgan fingerprint density at radius 2 is 1.63 bits per heavy atom. The number of para-hydroxylation sites is 1. The monoisotopic (exact) mass is 414 g/mol. The highest BCUT2D eigenvalue weighted by atomic mass is 16.5. The van der Waals surface area contributed by atoms with Crippen molar-refractivity contribution < 1.29 is 24.8 Å². The summed E-state index contributed by atoms with van der Waals surface area (Å²) in [4.78, 5) is 1.85. The van der Waals surface area contributed by atoms with E-state index in [1.807, 2.05) is 46.0 Å². The minimum absolute atomic E-state index is 0.0504. The van der Waals surface area contributed by atoms with Crippen LogP contribution in [0.15, 0.2) is 60.8 Å². The second-order valence-corrected chi connectivity index (χ2v) is 7.30. The molecule has 0 unspecified atom stereocenters. The van der Waals surface area contributed by atoms with Gasteiger partial charge in [0.15, 0.2) is 0 Å². The minimum atomic E-state index is -0.752. The van der Waals surface area contributed by atoms with Crippen molar-refractivity contribution in [3.05, 3.63) is 60.8 Å². The van der Waals surface area contributed by atoms with Crippen LogP contribution in [-0.4, -0.2) is 77.0 Å². The quantitative estimate of drug-likeness (QED) is 0.419. The molecule has 0 aliphatic carbocycles. The number of nitrogens with zero attached hydrogens (tertiary/aromatic N) is 2. The lowest BCUT2D eigenvalue weighted by Gasteiger charge is -2.27. The normalized spacial score (nSPS) is 13.5. The first-order valence-corrected chi connectivity index (χ1v) is 10.1. The number of aliphatic hydroxyl groups excluding tert-OH is 3. The van der Waals surface area contributed by atoms with E-state index in [9.17, 15) is 15.3 Å². The van der Waals surface area contributed by atoms with Crippen LogP contribution in [0.1, 0.15) is 0 Å². The lowest BCUT2D eigenvalue weighted by Crippen LogP contribution is -2.42. The highest BCUT2D eigenvalue weighted by Gasteiger charge is 2.17. The number of hydrogen-bond acceptors (Lipinski definition) is 6. The van der Waals surface area contributed by atoms with E-state index in [0.717, 1.165) is 16.7 Å². The molecule has 0 amide bonds. The molecule has 30 heavy (non-hydrogen) atoms. The molecule has 162 valence electrons. The van der Waals surface area contributed by atoms with Crippen molar-refractivity contribution in [1.82, 2.24) is 9.47 Å². The third-order valence-corrected chi connectivity index (χ3v) is 4.94. The second kappa shape index (κ2) is 11.0. The molecule has 0 saturated heterocycles. The maximum atomic E-state index is 10.6. The lowest BCUT2D eigenvalue weighted by molar-refractivity contribution is 0.0351. The van der Waals surface area contributed by atoms with Crippen molar-refractivity contribution >= 4 is 10.9 Å². The van der Waals surface area contributed by atoms with Gasteiger partial charge in [-0.2, -0.15) is 0 Å². The van der Waals surface area contributed by atoms with Gasteiger partial charge in [0.25, 0.3) is 0 Å². The van der Waals surface area contributed by atoms with Crippen LogP contribution in [0.4, 0.5) is 0 Å². The first-order chi connectivity index (χ1) is 14.6. The van der Waals surface area contributed by atoms with E-state index in [-0.39, 0.29) is 13.2 Å². The average Bonchev–Trinajstić information content (AvgIpc) is 3.15. The highest BCUT2D eigenvalue weighted by Crippen LogP contribution is 2.18. The molecule has 3 N–H and O–H groups in total. The van der Waals surface area contributed by atoms with Crippen LogP contribution in [0.5, 0.6) is 11.5 Å². The van der Waals surface area contributed by atoms with Gasteiger partial charge in [0.1, 0.15) is 24.2 Å². The number of aromatic nitrogens is 1. The van der Waals surface area contributed by atoms with E-state index >= 15 is 0 Å². The fourth-order valence-electron chi connectivity index (χ4n) is 3.50. The first-order valence-electron chi connectivity index (χ1n) is 10.1. The Morgan fingerprint density at radius 3 is 2.37 bits per heavy atom. The zero-order valence-electron chi connectivity index (χ0n) is 17.2. The molecule has 3 aromatic rings. The van der Waals surface area contributed by atoms with Crippen LogP contribution >= 0.6 is 0 Å². The van der Waals surface area contributed by atoms with Gasteiger partial charge in [-0.25, -0.2) is 0 Å². The Balaban J connectivity index is 1.50. The van der Waals surface area contributed by atoms with Crippen molar-refractivity contribution in [2.75, 3.05) is 40.0 Å². The largest absolute Gasteiger partial charge is 0.497 e. The second-order valence-electron chi connectivity index (χ2n) is 7.30. The van der Waals surface area contributed by atoms with Gasteiger partial charge in [-0.3, -0.25) is 4.90 Å². The Kier molecular flexibility index (Phi) is 8.10. The molecule has 7 nitrogen and oxygen atoms in total. The fourth-order valence-corrected chi connectivity index (χ4v) is 3.50. The molecule has 0 radical (unpaired) electrons. The molecule has 7 heteroatoms. The molecular weight excluding hydrogens is 384 g/mol. The summed E-state index contributed by atoms with van der Waals surface area (Å²) in [6, 6.07) is 17.2. The standard InChI is InChI=1S/C23H30N2O5/c1-29-21-6-8-22(9-7-21)30-17-20(28)15-24(12-13-26)14-19(27)16-25-11-10-18-4-2-3-5-23(18)25/h2-11,19-20,26-28H,12-17H2,1H3/t19-,20+/m0/s1. The summed E-state index contributed by atoms with van der Waals surface area (Å²) in [5, 5.41) is 31.4. The lowest BCUT2D eigenvalue weighted by atomic mass is 10.2. The molecule has 1 aromatic heterocycles. The van der Waals surface area contributed by atoms with E-state index in [4.69, 9.17) is 9.47 Å². The van der Waals surface area contributed by atoms with Crippen LogP contribution in [-0.2, 0) is 6.54 Å². The van der Waals surface area contributed by atoms with Crippen molar-refractivity contribution in [3.63, 3.8) is 0 Å². The molecule has 0 aliphatic rings. The van der Waals surface area contributed by atoms with E-state index in [2.05, 4.69) is 0 Å². The van der Waals surface area contributed by atoms with Crippen molar-refractivity contribution in [2.24, 2.45) is 0 Å². The van der Waals surface area contributed by atoms with Gasteiger partial charge in [-0.05, 0) is 41.8 Å². The van der Waals surface area contributed by atoms with Crippen LogP contribution in [0.2, 0.25) is 0 Å². The number of aliphatic hydroxyl groups is 3. The molecule has 0 spiro atoms. The number of methoxy groups -OCH3 is 1. The molecule has 0 bridgehead atoms. The first kappa shape index (κ1) is 22.1. The van der Waals surface area contributed by atoms with Gasteiger partial charge in [0.2, 0.25) is 0 Å². The summed E-state index contributed by atoms with van der Waals surface area (Å²) in [5.74, 6) is 1.38. The zero-order valence-corrected chi connectivity index (χ0v) is 17.2. The number of fused-ring (bicyclic) bond motifs is 1. The third kappa shape index (κ3) is 6.21. The summed E-state index contributed by atoms with van der Waals surface area (Å²) in [6.45, 7) is 1.50. The van der Waals surface area contributed by atoms with E-state index < -0.39 is 12.2 Å². The minimum Gasteiger partial charge on any atom is -0.497 e. The number of ether oxygens (including phenoxy) is 2. The SMILES string of the molecule is COc1ccc(OC[C@H](O)CN(CCO)C[C@H](O)Cn2ccc3ccccc32)cc1. The third-order valence-electron chi connectivity index (χ3n) is 4.94. The molecule has 2 atom stereocenters. The van der Waals surface area contributed by atoms with Crippen molar-refractivity contribution in [2.45, 2.75) is 18.8 Å². The molecule has 3 rings (SSSR count). The Bertz CT molecular complexity index is 896. The molecule has 2 aromatic carbocycles. The fraction of sp³-hybridized carbons (Fsp3) is 0.391. The topological polar surface area (TPSA) is 87.3 Å². The summed E-state index contributed by atoms with van der Waals surface area (Å²) >= 11 is 0. The molecule has 0 aliphatic heterocycles. The maximum absolute atomic E-state index is 10.6. The van der Waals surface area contributed by atoms with Crippen molar-refractivity contribution in [1.29, 1.82) is 0 Å². The summed E-state index contributed by atoms with van der Waals surface area (Å²) in [5.41, 5.74) is 1.07. The van der Waals surface area contributed by atoms with E-state index in [1.54, 1.807) is 31.4 Å². The average molecular weight is 415 g/mol. The summed E-state index contributed by atoms with van der Waals surface area (Å²) < 4.78 is 12.7. The molecule has 0 fully saturated rings. The van der Waals surface area contributed by atoms with Gasteiger partial charge < -0.3 is 29.4 Å². The van der Waals surface area contributed by atoms with Crippen LogP contribution < -0.4 is 9.47 Å². The van der Waals surface area contributed by atoms with Gasteiger partial charge in [0, 0.05) is 37.9 Å². The highest BCUT2D eigenvalue weighted by molar-refractivity contribution is 5.79. The number of benzene rings is 2. The molecule has 1 heterocycles. The van der Waals surface area contributed by atoms with Crippen LogP contribution in [0.3, 0.4) is 0 Å². The van der Waals surface area contributed by atoms with E-state index in [1.165, 1.54) is 0 Å². The summed E-state index contributed by atoms with van der Waals surface area (Å²) in [6.07, 6.45) is 0.572. The number of hydrogen-bond donors (Lipinski definition) is 3.